The third-order valence-corrected chi connectivity index (χ3v) is 5.56. The zero-order valence-corrected chi connectivity index (χ0v) is 18.8. The molecule has 8 heteroatoms. The molecule has 1 aromatic carbocycles. The smallest absolute Gasteiger partial charge is 0.282 e. The predicted molar refractivity (Wildman–Crippen MR) is 124 cm³/mol. The molecule has 170 valence electrons. The average molecular weight is 439 g/mol. The minimum atomic E-state index is -0.370. The number of fused-ring (bicyclic) bond motifs is 1. The Morgan fingerprint density at radius 1 is 1.12 bits per heavy atom. The van der Waals surface area contributed by atoms with E-state index in [0.29, 0.717) is 40.6 Å². The first-order valence-electron chi connectivity index (χ1n) is 10.9. The molecule has 0 saturated carbocycles. The van der Waals surface area contributed by atoms with Crippen LogP contribution in [0.4, 0.5) is 0 Å². The highest BCUT2D eigenvalue weighted by Gasteiger charge is 2.25. The van der Waals surface area contributed by atoms with Crippen LogP contribution in [0.1, 0.15) is 52.4 Å². The Morgan fingerprint density at radius 3 is 2.47 bits per heavy atom. The number of ketones is 1. The number of carbonyl (C=O) groups excluding carboxylic acids is 2. The maximum absolute atomic E-state index is 13.6. The third kappa shape index (κ3) is 4.51. The van der Waals surface area contributed by atoms with Gasteiger partial charge >= 0.3 is 0 Å². The maximum Gasteiger partial charge on any atom is 0.282 e. The van der Waals surface area contributed by atoms with Gasteiger partial charge in [0, 0.05) is 24.8 Å². The number of aliphatic hydroxyl groups is 1. The fourth-order valence-electron chi connectivity index (χ4n) is 4.04. The van der Waals surface area contributed by atoms with Gasteiger partial charge in [-0.05, 0) is 24.5 Å². The van der Waals surface area contributed by atoms with Crippen molar-refractivity contribution < 1.29 is 14.7 Å². The van der Waals surface area contributed by atoms with Gasteiger partial charge in [0.15, 0.2) is 5.78 Å². The fourth-order valence-corrected chi connectivity index (χ4v) is 4.04. The van der Waals surface area contributed by atoms with Crippen LogP contribution in [0.25, 0.3) is 10.9 Å². The molecule has 0 bridgehead atoms. The Hall–Kier alpha value is -3.23. The number of rotatable bonds is 10. The summed E-state index contributed by atoms with van der Waals surface area (Å²) in [5.41, 5.74) is 8.03. The van der Waals surface area contributed by atoms with E-state index in [-0.39, 0.29) is 36.9 Å². The minimum Gasteiger partial charge on any atom is -0.395 e. The van der Waals surface area contributed by atoms with E-state index in [2.05, 4.69) is 10.9 Å². The molecule has 0 atom stereocenters. The van der Waals surface area contributed by atoms with Gasteiger partial charge < -0.3 is 14.2 Å². The molecule has 3 N–H and O–H groups in total. The summed E-state index contributed by atoms with van der Waals surface area (Å²) in [4.78, 5) is 39.4. The number of benzene rings is 1. The quantitative estimate of drug-likeness (QED) is 0.255. The second-order valence-corrected chi connectivity index (χ2v) is 7.67. The van der Waals surface area contributed by atoms with E-state index >= 15 is 0 Å². The number of nitrogens with one attached hydrogen (secondary N) is 2. The lowest BCUT2D eigenvalue weighted by Gasteiger charge is -2.12. The number of aryl methyl sites for hydroxylation is 3. The number of hydrogen-bond acceptors (Lipinski definition) is 5. The molecule has 2 heterocycles. The van der Waals surface area contributed by atoms with Crippen molar-refractivity contribution in [1.82, 2.24) is 20.0 Å². The summed E-state index contributed by atoms with van der Waals surface area (Å²) in [7, 11) is 1.76. The van der Waals surface area contributed by atoms with Crippen molar-refractivity contribution in [3.8, 4) is 0 Å². The fraction of sp³-hybridized carbons (Fsp3) is 0.375. The first-order valence-corrected chi connectivity index (χ1v) is 10.9. The molecular formula is C24H30N4O4. The Bertz CT molecular complexity index is 1180. The van der Waals surface area contributed by atoms with Gasteiger partial charge in [-0.1, -0.05) is 50.6 Å². The van der Waals surface area contributed by atoms with Crippen LogP contribution in [0, 0.1) is 0 Å². The molecule has 0 aliphatic rings. The molecule has 2 aromatic heterocycles. The highest BCUT2D eigenvalue weighted by molar-refractivity contribution is 6.01. The molecule has 3 aromatic rings. The molecule has 3 rings (SSSR count). The lowest BCUT2D eigenvalue weighted by Crippen LogP contribution is -2.40. The number of hydrogen-bond donors (Lipinski definition) is 3. The van der Waals surface area contributed by atoms with Crippen LogP contribution in [0.3, 0.4) is 0 Å². The Morgan fingerprint density at radius 2 is 1.84 bits per heavy atom. The summed E-state index contributed by atoms with van der Waals surface area (Å²) >= 11 is 0. The zero-order valence-electron chi connectivity index (χ0n) is 18.8. The molecule has 0 aliphatic heterocycles. The molecule has 1 amide bonds. The number of amides is 1. The van der Waals surface area contributed by atoms with Gasteiger partial charge in [0.25, 0.3) is 11.5 Å². The highest BCUT2D eigenvalue weighted by Crippen LogP contribution is 2.25. The Balaban J connectivity index is 2.16. The normalized spacial score (nSPS) is 11.1. The van der Waals surface area contributed by atoms with Gasteiger partial charge in [0.05, 0.1) is 24.1 Å². The number of aliphatic hydroxyl groups excluding tert-OH is 1. The second-order valence-electron chi connectivity index (χ2n) is 7.67. The van der Waals surface area contributed by atoms with Gasteiger partial charge in [0.1, 0.15) is 5.69 Å². The molecule has 0 spiro atoms. The van der Waals surface area contributed by atoms with E-state index in [9.17, 15) is 14.4 Å². The van der Waals surface area contributed by atoms with Crippen LogP contribution in [0.2, 0.25) is 0 Å². The van der Waals surface area contributed by atoms with E-state index in [4.69, 9.17) is 5.11 Å². The number of Topliss-reactive ketones (excluding diaryl/α,β-unsaturated/α-hetero) is 1. The second kappa shape index (κ2) is 10.4. The van der Waals surface area contributed by atoms with E-state index in [1.807, 2.05) is 26.0 Å². The topological polar surface area (TPSA) is 105 Å². The van der Waals surface area contributed by atoms with Crippen LogP contribution < -0.4 is 16.4 Å². The van der Waals surface area contributed by atoms with Crippen LogP contribution in [0.5, 0.6) is 0 Å². The molecule has 0 fully saturated rings. The Labute approximate surface area is 186 Å². The number of nitrogens with zero attached hydrogens (tertiary/aromatic N) is 2. The average Bonchev–Trinajstić information content (AvgIpc) is 3.07. The summed E-state index contributed by atoms with van der Waals surface area (Å²) in [6.45, 7) is 3.97. The maximum atomic E-state index is 13.6. The predicted octanol–water partition coefficient (Wildman–Crippen LogP) is 1.96. The largest absolute Gasteiger partial charge is 0.395 e. The van der Waals surface area contributed by atoms with Gasteiger partial charge in [-0.15, -0.1) is 0 Å². The SMILES string of the molecule is CCCc1c(C(=O)NNCCO)n(C)c2cc(CC)n(CC(=O)c3ccccc3)c(=O)c12. The third-order valence-electron chi connectivity index (χ3n) is 5.56. The van der Waals surface area contributed by atoms with E-state index in [1.54, 1.807) is 35.9 Å². The van der Waals surface area contributed by atoms with Crippen molar-refractivity contribution in [3.05, 3.63) is 69.3 Å². The van der Waals surface area contributed by atoms with Crippen LogP contribution in [-0.4, -0.2) is 39.1 Å². The lowest BCUT2D eigenvalue weighted by atomic mass is 10.1. The highest BCUT2D eigenvalue weighted by atomic mass is 16.3. The van der Waals surface area contributed by atoms with Crippen molar-refractivity contribution in [2.75, 3.05) is 13.2 Å². The van der Waals surface area contributed by atoms with Crippen molar-refractivity contribution in [2.45, 2.75) is 39.7 Å². The van der Waals surface area contributed by atoms with Gasteiger partial charge in [-0.2, -0.15) is 0 Å². The van der Waals surface area contributed by atoms with E-state index < -0.39 is 0 Å². The standard InChI is InChI=1S/C24H30N4O4/c1-4-9-18-21-19(27(3)22(18)23(31)26-25-12-13-29)14-17(5-2)28(24(21)32)15-20(30)16-10-7-6-8-11-16/h6-8,10-11,14,25,29H,4-5,9,12-13,15H2,1-3H3,(H,26,31). The summed E-state index contributed by atoms with van der Waals surface area (Å²) < 4.78 is 3.27. The van der Waals surface area contributed by atoms with Crippen LogP contribution in [0.15, 0.2) is 41.2 Å². The summed E-state index contributed by atoms with van der Waals surface area (Å²) in [6.07, 6.45) is 1.87. The van der Waals surface area contributed by atoms with Gasteiger partial charge in [-0.3, -0.25) is 19.8 Å². The van der Waals surface area contributed by atoms with Crippen molar-refractivity contribution in [1.29, 1.82) is 0 Å². The van der Waals surface area contributed by atoms with Crippen LogP contribution in [-0.2, 0) is 26.4 Å². The minimum absolute atomic E-state index is 0.0536. The molecule has 0 aliphatic carbocycles. The molecule has 0 saturated heterocycles. The monoisotopic (exact) mass is 438 g/mol. The van der Waals surface area contributed by atoms with Crippen molar-refractivity contribution >= 4 is 22.6 Å². The summed E-state index contributed by atoms with van der Waals surface area (Å²) in [6, 6.07) is 10.8. The number of pyridine rings is 1. The summed E-state index contributed by atoms with van der Waals surface area (Å²) in [5, 5.41) is 9.42. The molecule has 0 radical (unpaired) electrons. The number of carbonyl (C=O) groups is 2. The lowest BCUT2D eigenvalue weighted by molar-refractivity contribution is 0.0919. The van der Waals surface area contributed by atoms with Crippen molar-refractivity contribution in [2.24, 2.45) is 7.05 Å². The first kappa shape index (κ1) is 23.4. The molecule has 8 nitrogen and oxygen atoms in total. The van der Waals surface area contributed by atoms with E-state index in [1.165, 1.54) is 4.57 Å². The van der Waals surface area contributed by atoms with Gasteiger partial charge in [0.2, 0.25) is 0 Å². The van der Waals surface area contributed by atoms with Crippen molar-refractivity contribution in [3.63, 3.8) is 0 Å². The molecule has 32 heavy (non-hydrogen) atoms. The molecular weight excluding hydrogens is 408 g/mol. The number of hydrazine groups is 1. The Kier molecular flexibility index (Phi) is 7.61. The van der Waals surface area contributed by atoms with Gasteiger partial charge in [-0.25, -0.2) is 5.43 Å². The zero-order chi connectivity index (χ0) is 23.3. The molecule has 0 unspecified atom stereocenters. The first-order chi connectivity index (χ1) is 15.4. The van der Waals surface area contributed by atoms with Crippen LogP contribution >= 0.6 is 0 Å². The number of aromatic nitrogens is 2. The summed E-state index contributed by atoms with van der Waals surface area (Å²) in [5.74, 6) is -0.508. The van der Waals surface area contributed by atoms with E-state index in [0.717, 1.165) is 12.1 Å².